The summed E-state index contributed by atoms with van der Waals surface area (Å²) in [6.45, 7) is 23.5. The van der Waals surface area contributed by atoms with Crippen LogP contribution in [0.15, 0.2) is 103 Å². The second kappa shape index (κ2) is 39.1. The van der Waals surface area contributed by atoms with Crippen LogP contribution in [0.5, 0.6) is 5.75 Å². The third-order valence-corrected chi connectivity index (χ3v) is 10.7. The largest absolute Gasteiger partial charge is 0.493 e. The van der Waals surface area contributed by atoms with Crippen molar-refractivity contribution in [1.82, 2.24) is 5.32 Å². The van der Waals surface area contributed by atoms with Gasteiger partial charge >= 0.3 is 5.97 Å². The van der Waals surface area contributed by atoms with Crippen LogP contribution >= 0.6 is 0 Å². The number of anilines is 1. The van der Waals surface area contributed by atoms with E-state index in [1.807, 2.05) is 19.9 Å². The molecule has 2 aromatic carbocycles. The van der Waals surface area contributed by atoms with Crippen molar-refractivity contribution in [2.24, 2.45) is 5.92 Å². The highest BCUT2D eigenvalue weighted by atomic mass is 16.5. The Kier molecular flexibility index (Phi) is 35.0. The number of aldehydes is 1. The van der Waals surface area contributed by atoms with E-state index in [2.05, 4.69) is 128 Å². The van der Waals surface area contributed by atoms with Gasteiger partial charge in [-0.15, -0.1) is 0 Å². The lowest BCUT2D eigenvalue weighted by Crippen LogP contribution is -2.25. The summed E-state index contributed by atoms with van der Waals surface area (Å²) in [5.41, 5.74) is 7.91. The van der Waals surface area contributed by atoms with Gasteiger partial charge in [-0.3, -0.25) is 14.4 Å². The Bertz CT molecular complexity index is 1830. The average molecular weight is 907 g/mol. The molecule has 66 heavy (non-hydrogen) atoms. The Morgan fingerprint density at radius 2 is 1.56 bits per heavy atom. The molecule has 364 valence electrons. The van der Waals surface area contributed by atoms with Crippen molar-refractivity contribution in [2.75, 3.05) is 58.0 Å². The van der Waals surface area contributed by atoms with Crippen LogP contribution in [0.2, 0.25) is 0 Å². The van der Waals surface area contributed by atoms with Crippen molar-refractivity contribution in [3.8, 4) is 5.75 Å². The predicted molar refractivity (Wildman–Crippen MR) is 282 cm³/mol. The highest BCUT2D eigenvalue weighted by Gasteiger charge is 2.17. The maximum atomic E-state index is 11.6. The molecule has 0 fully saturated rings. The van der Waals surface area contributed by atoms with E-state index >= 15 is 0 Å². The molecule has 0 amide bonds. The highest BCUT2D eigenvalue weighted by Crippen LogP contribution is 2.29. The molecule has 3 rings (SSSR count). The van der Waals surface area contributed by atoms with E-state index in [1.54, 1.807) is 25.3 Å². The van der Waals surface area contributed by atoms with E-state index in [1.165, 1.54) is 87.1 Å². The number of nitrogens with zero attached hydrogens (tertiary/aromatic N) is 1. The lowest BCUT2D eigenvalue weighted by molar-refractivity contribution is -0.146. The molecule has 1 aliphatic carbocycles. The van der Waals surface area contributed by atoms with Crippen LogP contribution in [0, 0.1) is 5.92 Å². The number of hydrogen-bond donors (Lipinski definition) is 1. The van der Waals surface area contributed by atoms with E-state index in [-0.39, 0.29) is 18.3 Å². The molecule has 0 aromatic heterocycles. The van der Waals surface area contributed by atoms with Gasteiger partial charge in [0.1, 0.15) is 12.0 Å². The van der Waals surface area contributed by atoms with Crippen molar-refractivity contribution in [1.29, 1.82) is 0 Å². The molecule has 1 N–H and O–H groups in total. The van der Waals surface area contributed by atoms with Gasteiger partial charge in [-0.2, -0.15) is 0 Å². The minimum atomic E-state index is -0.461. The summed E-state index contributed by atoms with van der Waals surface area (Å²) < 4.78 is 16.3. The number of allylic oxidation sites excluding steroid dienone is 9. The topological polar surface area (TPSA) is 94.2 Å². The zero-order valence-corrected chi connectivity index (χ0v) is 42.2. The second-order valence-corrected chi connectivity index (χ2v) is 16.2. The summed E-state index contributed by atoms with van der Waals surface area (Å²) >= 11 is 0. The molecule has 0 radical (unpaired) electrons. The molecule has 0 saturated carbocycles. The van der Waals surface area contributed by atoms with Crippen LogP contribution in [-0.4, -0.2) is 71.1 Å². The van der Waals surface area contributed by atoms with Crippen molar-refractivity contribution in [2.45, 2.75) is 132 Å². The summed E-state index contributed by atoms with van der Waals surface area (Å²) in [5, 5.41) is 3.48. The zero-order valence-electron chi connectivity index (χ0n) is 42.2. The third kappa shape index (κ3) is 26.2. The average Bonchev–Trinajstić information content (AvgIpc) is 3.59. The summed E-state index contributed by atoms with van der Waals surface area (Å²) in [7, 11) is 1.74. The molecular formula is C58H86N2O6. The van der Waals surface area contributed by atoms with Crippen molar-refractivity contribution >= 4 is 42.0 Å². The van der Waals surface area contributed by atoms with E-state index in [0.29, 0.717) is 31.6 Å². The molecule has 0 heterocycles. The van der Waals surface area contributed by atoms with E-state index < -0.39 is 5.97 Å². The fraction of sp³-hybridized carbons (Fsp3) is 0.500. The summed E-state index contributed by atoms with van der Waals surface area (Å²) in [6, 6.07) is 13.7. The maximum Gasteiger partial charge on any atom is 0.303 e. The fourth-order valence-corrected chi connectivity index (χ4v) is 6.91. The van der Waals surface area contributed by atoms with Gasteiger partial charge in [-0.05, 0) is 98.0 Å². The normalized spacial score (nSPS) is 13.7. The summed E-state index contributed by atoms with van der Waals surface area (Å²) in [6.07, 6.45) is 37.1. The number of methoxy groups -OCH3 is 1. The number of Topliss-reactive ketones (excluding diaryl/α,β-unsaturated/α-hetero) is 1. The van der Waals surface area contributed by atoms with Gasteiger partial charge in [0.2, 0.25) is 0 Å². The molecule has 2 aromatic rings. The number of carbonyl (C=O) groups is 3. The van der Waals surface area contributed by atoms with Crippen molar-refractivity contribution in [3.63, 3.8) is 0 Å². The zero-order chi connectivity index (χ0) is 48.6. The molecular weight excluding hydrogens is 821 g/mol. The standard InChI is InChI=1S/C44H66N2O2.C12H14O4.C2H6/c1-7-12-16-21-40-36-42(27-23-38(19-11-5)20-17-31-45-30-13-8-2)44(48-35-18-34-47-6)37-41(40)26-22-39-24-28-43(29-25-39)46(32-14-9-3)33-15-10-4;1-9(14)16-8-12(15)11-4-2-3-10(7-13)5-6-11;1-2/h11,17,19-20,22-29,36-37,45H,5,7-10,12-16,18,21,30-35H2,1-4,6H3;3,5-7,11H,2,4,8H2,1H3;1-2H3/b20-17-,26-22+,27-23+,38-19+;;. The lowest BCUT2D eigenvalue weighted by Gasteiger charge is -2.24. The van der Waals surface area contributed by atoms with E-state index in [9.17, 15) is 14.4 Å². The number of aryl methyl sites for hydroxylation is 1. The van der Waals surface area contributed by atoms with Gasteiger partial charge < -0.3 is 24.4 Å². The first kappa shape index (κ1) is 59.0. The Balaban J connectivity index is 0.00000101. The van der Waals surface area contributed by atoms with Gasteiger partial charge in [0, 0.05) is 69.4 Å². The molecule has 1 aliphatic rings. The maximum absolute atomic E-state index is 11.6. The Labute approximate surface area is 401 Å². The minimum absolute atomic E-state index is 0.132. The van der Waals surface area contributed by atoms with Crippen LogP contribution in [0.25, 0.3) is 18.2 Å². The Hall–Kier alpha value is -5.05. The molecule has 0 saturated heterocycles. The smallest absolute Gasteiger partial charge is 0.303 e. The SMILES string of the molecule is C=C/C=C(\C=C/CNCCCC)/C=C/c1cc(CCCCC)c(/C=C/c2ccc(N(CCCC)CCCC)cc2)cc1OCCCOC.CC.CC(=O)OCC(=O)C1C=CC(C=O)=CCC1. The van der Waals surface area contributed by atoms with Crippen LogP contribution in [0.3, 0.4) is 0 Å². The first-order chi connectivity index (χ1) is 32.2. The second-order valence-electron chi connectivity index (χ2n) is 16.2. The van der Waals surface area contributed by atoms with Gasteiger partial charge in [-0.1, -0.05) is 159 Å². The number of unbranched alkanes of at least 4 members (excludes halogenated alkanes) is 5. The fourth-order valence-electron chi connectivity index (χ4n) is 6.91. The van der Waals surface area contributed by atoms with Gasteiger partial charge in [0.05, 0.1) is 6.61 Å². The number of ketones is 1. The number of benzene rings is 2. The van der Waals surface area contributed by atoms with E-state index in [0.717, 1.165) is 62.2 Å². The lowest BCUT2D eigenvalue weighted by atomic mass is 9.96. The van der Waals surface area contributed by atoms with Crippen LogP contribution in [0.4, 0.5) is 5.69 Å². The monoisotopic (exact) mass is 907 g/mol. The highest BCUT2D eigenvalue weighted by molar-refractivity contribution is 5.86. The Morgan fingerprint density at radius 3 is 2.20 bits per heavy atom. The Morgan fingerprint density at radius 1 is 0.848 bits per heavy atom. The number of esters is 1. The molecule has 0 aliphatic heterocycles. The number of nitrogens with one attached hydrogen (secondary N) is 1. The molecule has 8 heteroatoms. The number of rotatable bonds is 31. The van der Waals surface area contributed by atoms with Crippen LogP contribution < -0.4 is 15.0 Å². The van der Waals surface area contributed by atoms with Gasteiger partial charge in [0.15, 0.2) is 12.4 Å². The molecule has 0 bridgehead atoms. The van der Waals surface area contributed by atoms with Gasteiger partial charge in [-0.25, -0.2) is 0 Å². The molecule has 8 nitrogen and oxygen atoms in total. The van der Waals surface area contributed by atoms with E-state index in [4.69, 9.17) is 9.47 Å². The first-order valence-electron chi connectivity index (χ1n) is 24.9. The number of carbonyl (C=O) groups excluding carboxylic acids is 3. The minimum Gasteiger partial charge on any atom is -0.493 e. The first-order valence-corrected chi connectivity index (χ1v) is 24.9. The molecule has 0 spiro atoms. The van der Waals surface area contributed by atoms with Crippen molar-refractivity contribution < 1.29 is 28.6 Å². The van der Waals surface area contributed by atoms with Gasteiger partial charge in [0.25, 0.3) is 0 Å². The molecule has 1 atom stereocenters. The summed E-state index contributed by atoms with van der Waals surface area (Å²) in [4.78, 5) is 35.2. The third-order valence-electron chi connectivity index (χ3n) is 10.7. The van der Waals surface area contributed by atoms with Crippen LogP contribution in [-0.2, 0) is 30.3 Å². The number of hydrogen-bond acceptors (Lipinski definition) is 8. The molecule has 1 unspecified atom stereocenters. The quantitative estimate of drug-likeness (QED) is 0.0263. The predicted octanol–water partition coefficient (Wildman–Crippen LogP) is 13.7. The summed E-state index contributed by atoms with van der Waals surface area (Å²) in [5.74, 6) is 0.0416. The number of ether oxygens (including phenoxy) is 3. The van der Waals surface area contributed by atoms with Crippen LogP contribution in [0.1, 0.15) is 148 Å². The van der Waals surface area contributed by atoms with Crippen molar-refractivity contribution in [3.05, 3.63) is 125 Å².